The highest BCUT2D eigenvalue weighted by Crippen LogP contribution is 2.41. The fourth-order valence-electron chi connectivity index (χ4n) is 12.5. The van der Waals surface area contributed by atoms with E-state index in [1.54, 1.807) is 54.9 Å². The molecule has 0 spiro atoms. The molecule has 21 heteroatoms. The van der Waals surface area contributed by atoms with E-state index in [-0.39, 0.29) is 5.56 Å². The minimum Gasteiger partial charge on any atom is -0.436 e. The van der Waals surface area contributed by atoms with Crippen LogP contribution in [0.15, 0.2) is 201 Å². The van der Waals surface area contributed by atoms with Crippen LogP contribution < -0.4 is 30.2 Å². The van der Waals surface area contributed by atoms with Crippen molar-refractivity contribution in [3.8, 4) is 86.5 Å². The van der Waals surface area contributed by atoms with E-state index in [0.717, 1.165) is 106 Å². The number of halogens is 2. The Labute approximate surface area is 617 Å². The van der Waals surface area contributed by atoms with E-state index in [0.29, 0.717) is 74.6 Å². The third-order valence-electron chi connectivity index (χ3n) is 18.1. The lowest BCUT2D eigenvalue weighted by Gasteiger charge is -2.16. The Hall–Kier alpha value is -14.1. The minimum atomic E-state index is -0.583. The van der Waals surface area contributed by atoms with Crippen molar-refractivity contribution in [1.29, 1.82) is 15.8 Å². The quantitative estimate of drug-likeness (QED) is 0.0864. The second kappa shape index (κ2) is 30.5. The van der Waals surface area contributed by atoms with Gasteiger partial charge in [-0.05, 0) is 257 Å². The van der Waals surface area contributed by atoms with Gasteiger partial charge >= 0.3 is 0 Å². The summed E-state index contributed by atoms with van der Waals surface area (Å²) in [7, 11) is 5.78. The predicted molar refractivity (Wildman–Crippen MR) is 415 cm³/mol. The fourth-order valence-corrected chi connectivity index (χ4v) is 12.5. The van der Waals surface area contributed by atoms with Crippen molar-refractivity contribution < 1.29 is 23.0 Å². The zero-order valence-corrected chi connectivity index (χ0v) is 60.8. The Bertz CT molecular complexity index is 5950. The molecule has 0 atom stereocenters. The first-order chi connectivity index (χ1) is 51.6. The molecule has 3 N–H and O–H groups in total. The molecule has 107 heavy (non-hydrogen) atoms. The smallest absolute Gasteiger partial charge is 0.249 e. The molecule has 19 nitrogen and oxygen atoms in total. The Morgan fingerprint density at radius 2 is 0.692 bits per heavy atom. The number of aryl methyl sites for hydroxylation is 11. The van der Waals surface area contributed by atoms with E-state index in [1.165, 1.54) is 35.7 Å². The van der Waals surface area contributed by atoms with Crippen molar-refractivity contribution in [1.82, 2.24) is 48.6 Å². The maximum atomic E-state index is 14.2. The van der Waals surface area contributed by atoms with Gasteiger partial charge in [-0.1, -0.05) is 47.5 Å². The van der Waals surface area contributed by atoms with Gasteiger partial charge in [0.1, 0.15) is 45.4 Å². The molecule has 0 aliphatic carbocycles. The number of nitrogens with one attached hydrogen (secondary N) is 3. The fraction of sp³-hybridized carbons (Fsp3) is 0.140. The summed E-state index contributed by atoms with van der Waals surface area (Å²) in [5.41, 5.74) is 21.9. The van der Waals surface area contributed by atoms with E-state index in [4.69, 9.17) is 34.7 Å². The lowest BCUT2D eigenvalue weighted by Crippen LogP contribution is -2.02. The number of nitrogens with zero attached hydrogens (tertiary/aromatic N) is 13. The van der Waals surface area contributed by atoms with Crippen LogP contribution in [0.3, 0.4) is 0 Å². The Balaban J connectivity index is 0.000000142. The van der Waals surface area contributed by atoms with E-state index in [2.05, 4.69) is 116 Å². The maximum absolute atomic E-state index is 14.2. The number of ether oxygens (including phenoxy) is 3. The van der Waals surface area contributed by atoms with Crippen molar-refractivity contribution in [2.45, 2.75) is 62.3 Å². The number of nitriles is 3. The number of hydrogen-bond acceptors (Lipinski definition) is 16. The van der Waals surface area contributed by atoms with Crippen LogP contribution in [0, 0.1) is 108 Å². The number of hydrogen-bond donors (Lipinski definition) is 3. The Kier molecular flexibility index (Phi) is 20.3. The van der Waals surface area contributed by atoms with Gasteiger partial charge in [0.05, 0.1) is 51.4 Å². The molecule has 0 saturated carbocycles. The van der Waals surface area contributed by atoms with Crippen LogP contribution in [0.4, 0.5) is 43.7 Å². The third-order valence-corrected chi connectivity index (χ3v) is 18.1. The molecule has 0 aliphatic rings. The zero-order chi connectivity index (χ0) is 75.3. The van der Waals surface area contributed by atoms with Crippen molar-refractivity contribution in [2.75, 3.05) is 16.0 Å². The first-order valence-corrected chi connectivity index (χ1v) is 34.2. The predicted octanol–water partition coefficient (Wildman–Crippen LogP) is 20.6. The van der Waals surface area contributed by atoms with E-state index < -0.39 is 11.6 Å². The van der Waals surface area contributed by atoms with Crippen LogP contribution in [0.1, 0.15) is 66.8 Å². The van der Waals surface area contributed by atoms with Crippen molar-refractivity contribution >= 4 is 68.0 Å². The molecule has 15 aromatic rings. The largest absolute Gasteiger partial charge is 0.436 e. The normalized spacial score (nSPS) is 10.9. The van der Waals surface area contributed by atoms with Gasteiger partial charge in [0.25, 0.3) is 0 Å². The molecule has 0 amide bonds. The van der Waals surface area contributed by atoms with Gasteiger partial charge in [-0.2, -0.15) is 30.7 Å². The molecule has 528 valence electrons. The summed E-state index contributed by atoms with van der Waals surface area (Å²) in [6.45, 7) is 17.4. The number of fused-ring (bicyclic) bond motifs is 3. The standard InChI is InChI=1S/C29H23F2N5O.C29H25N5O.C28H24N6O/c1-16-11-20(21-13-23(30)18(3)24(31)14-21)12-17(2)27(16)37-28-26-25(9-10-36(26)4)34-29(35-28)33-22-7-5-19(15-32)6-8-22;1-18-5-9-22(10-6-18)23-15-19(2)27(20(3)16-23)35-28-26-25(13-14-34(26)4)32-29(33-28)31-24-11-7-21(17-30)8-12-24;1-17-5-7-22(8-6-17)31-28-32-24-10-12-34(4)25(24)27(33-28)35-26-18(2)13-21(14-19(26)3)23-16-30-11-9-20(23)15-29/h5-14H,1-4H3,(H,33,34,35);5-16H,1-4H3,(H,31,32,33);5-14,16H,1-4H3,(H,31,32,33). The number of anilines is 6. The van der Waals surface area contributed by atoms with Crippen molar-refractivity contribution in [3.63, 3.8) is 0 Å². The summed E-state index contributed by atoms with van der Waals surface area (Å²) in [5.74, 6) is 3.48. The van der Waals surface area contributed by atoms with Gasteiger partial charge in [-0.15, -0.1) is 0 Å². The Morgan fingerprint density at radius 1 is 0.364 bits per heavy atom. The molecule has 0 radical (unpaired) electrons. The number of benzene rings is 8. The first-order valence-electron chi connectivity index (χ1n) is 34.2. The molecule has 0 bridgehead atoms. The van der Waals surface area contributed by atoms with Gasteiger partial charge < -0.3 is 43.9 Å². The van der Waals surface area contributed by atoms with Crippen LogP contribution in [0.5, 0.6) is 34.9 Å². The maximum Gasteiger partial charge on any atom is 0.249 e. The molecular weight excluding hydrogens is 1340 g/mol. The van der Waals surface area contributed by atoms with Gasteiger partial charge in [-0.3, -0.25) is 4.98 Å². The van der Waals surface area contributed by atoms with Crippen LogP contribution in [-0.2, 0) is 21.1 Å². The van der Waals surface area contributed by atoms with E-state index in [9.17, 15) is 14.0 Å². The average molecular weight is 1420 g/mol. The molecule has 15 rings (SSSR count). The second-order valence-corrected chi connectivity index (χ2v) is 26.2. The average Bonchev–Trinajstić information content (AvgIpc) is 1.76. The second-order valence-electron chi connectivity index (χ2n) is 26.2. The van der Waals surface area contributed by atoms with Gasteiger partial charge in [0.15, 0.2) is 0 Å². The summed E-state index contributed by atoms with van der Waals surface area (Å²) in [5, 5.41) is 37.2. The van der Waals surface area contributed by atoms with Crippen LogP contribution in [0.25, 0.3) is 66.5 Å². The van der Waals surface area contributed by atoms with Gasteiger partial charge in [0.2, 0.25) is 35.5 Å². The molecule has 7 heterocycles. The lowest BCUT2D eigenvalue weighted by molar-refractivity contribution is 0.459. The summed E-state index contributed by atoms with van der Waals surface area (Å²) < 4.78 is 53.4. The number of rotatable bonds is 15. The molecule has 0 aliphatic heterocycles. The molecule has 0 unspecified atom stereocenters. The SMILES string of the molecule is Cc1cc(-c2cc(F)c(C)c(F)c2)cc(C)c1Oc1nc(Nc2ccc(C#N)cc2)nc2ccn(C)c12.Cc1ccc(-c2cc(C)c(Oc3nc(Nc4ccc(C#N)cc4)nc4ccn(C)c34)c(C)c2)cc1.Cc1ccc(Nc2nc(Oc3c(C)cc(-c4cnccc4C#N)cc3C)c3c(ccn3C)n2)cc1. The molecule has 8 aromatic carbocycles. The highest BCUT2D eigenvalue weighted by atomic mass is 19.1. The highest BCUT2D eigenvalue weighted by Gasteiger charge is 2.22. The van der Waals surface area contributed by atoms with Crippen LogP contribution >= 0.6 is 0 Å². The van der Waals surface area contributed by atoms with E-state index >= 15 is 0 Å². The zero-order valence-electron chi connectivity index (χ0n) is 60.8. The summed E-state index contributed by atoms with van der Waals surface area (Å²) in [6.07, 6.45) is 9.10. The molecule has 0 saturated heterocycles. The topological polar surface area (TPSA) is 240 Å². The van der Waals surface area contributed by atoms with Gasteiger partial charge in [-0.25, -0.2) is 23.7 Å². The lowest BCUT2D eigenvalue weighted by atomic mass is 9.98. The summed E-state index contributed by atoms with van der Waals surface area (Å²) in [6, 6.07) is 59.3. The molecule has 7 aromatic heterocycles. The van der Waals surface area contributed by atoms with Crippen molar-refractivity contribution in [2.24, 2.45) is 21.1 Å². The molecular formula is C86H72F2N16O3. The number of aromatic nitrogens is 10. The number of pyridine rings is 1. The van der Waals surface area contributed by atoms with E-state index in [1.807, 2.05) is 167 Å². The van der Waals surface area contributed by atoms with Gasteiger partial charge in [0, 0.05) is 80.3 Å². The third kappa shape index (κ3) is 15.6. The minimum absolute atomic E-state index is 0.00193. The summed E-state index contributed by atoms with van der Waals surface area (Å²) >= 11 is 0. The van der Waals surface area contributed by atoms with Crippen LogP contribution in [0.2, 0.25) is 0 Å². The molecule has 0 fully saturated rings. The monoisotopic (exact) mass is 1410 g/mol. The van der Waals surface area contributed by atoms with Crippen molar-refractivity contribution in [3.05, 3.63) is 279 Å². The Morgan fingerprint density at radius 3 is 1.05 bits per heavy atom. The highest BCUT2D eigenvalue weighted by molar-refractivity contribution is 5.86. The van der Waals surface area contributed by atoms with Crippen LogP contribution in [-0.4, -0.2) is 48.6 Å². The first kappa shape index (κ1) is 71.3. The summed E-state index contributed by atoms with van der Waals surface area (Å²) in [4.78, 5) is 32.2.